The Morgan fingerprint density at radius 3 is 2.80 bits per heavy atom. The molecule has 5 heteroatoms. The van der Waals surface area contributed by atoms with Crippen molar-refractivity contribution in [3.63, 3.8) is 0 Å². The molecular formula is C15H26N4O. The van der Waals surface area contributed by atoms with Crippen LogP contribution in [0.3, 0.4) is 0 Å². The molecule has 1 aromatic heterocycles. The first-order valence-electron chi connectivity index (χ1n) is 7.78. The summed E-state index contributed by atoms with van der Waals surface area (Å²) in [6, 6.07) is 1.79. The lowest BCUT2D eigenvalue weighted by Crippen LogP contribution is -2.30. The lowest BCUT2D eigenvalue weighted by Gasteiger charge is -2.30. The van der Waals surface area contributed by atoms with Gasteiger partial charge >= 0.3 is 0 Å². The number of rotatable bonds is 6. The maximum atomic E-state index is 6.14. The van der Waals surface area contributed by atoms with Crippen LogP contribution in [0, 0.1) is 5.92 Å². The number of nitrogen functional groups attached to an aromatic ring is 1. The molecule has 1 fully saturated rings. The van der Waals surface area contributed by atoms with E-state index >= 15 is 0 Å². The van der Waals surface area contributed by atoms with E-state index in [1.807, 2.05) is 0 Å². The summed E-state index contributed by atoms with van der Waals surface area (Å²) in [5.41, 5.74) is 2.60. The number of nitrogens with zero attached hydrogens (tertiary/aromatic N) is 2. The van der Waals surface area contributed by atoms with Crippen LogP contribution in [0.15, 0.2) is 6.07 Å². The van der Waals surface area contributed by atoms with E-state index in [0.29, 0.717) is 17.6 Å². The van der Waals surface area contributed by atoms with Gasteiger partial charge in [-0.2, -0.15) is 4.98 Å². The normalized spacial score (nSPS) is 22.6. The lowest BCUT2D eigenvalue weighted by molar-refractivity contribution is 0.0855. The monoisotopic (exact) mass is 278 g/mol. The number of aromatic nitrogens is 2. The fourth-order valence-electron chi connectivity index (χ4n) is 2.89. The van der Waals surface area contributed by atoms with Crippen molar-refractivity contribution in [2.75, 3.05) is 5.43 Å². The van der Waals surface area contributed by atoms with Crippen LogP contribution in [0.1, 0.15) is 58.2 Å². The summed E-state index contributed by atoms with van der Waals surface area (Å²) < 4.78 is 6.14. The molecule has 3 N–H and O–H groups in total. The molecule has 20 heavy (non-hydrogen) atoms. The molecule has 0 amide bonds. The molecule has 1 saturated carbocycles. The summed E-state index contributed by atoms with van der Waals surface area (Å²) in [7, 11) is 0. The van der Waals surface area contributed by atoms with E-state index in [1.165, 1.54) is 25.7 Å². The Labute approximate surface area is 121 Å². The van der Waals surface area contributed by atoms with Crippen molar-refractivity contribution in [1.82, 2.24) is 9.97 Å². The van der Waals surface area contributed by atoms with Gasteiger partial charge in [-0.05, 0) is 38.0 Å². The molecule has 1 aliphatic carbocycles. The molecule has 1 heterocycles. The Hall–Kier alpha value is -1.36. The third-order valence-electron chi connectivity index (χ3n) is 4.01. The number of nitrogens with one attached hydrogen (secondary N) is 1. The SMILES string of the molecule is CCCc1nc(NN)cc(OC2CCCCC2CC)n1. The maximum absolute atomic E-state index is 6.14. The lowest BCUT2D eigenvalue weighted by atomic mass is 9.85. The van der Waals surface area contributed by atoms with Crippen LogP contribution >= 0.6 is 0 Å². The van der Waals surface area contributed by atoms with Gasteiger partial charge in [-0.15, -0.1) is 0 Å². The highest BCUT2D eigenvalue weighted by Gasteiger charge is 2.25. The first kappa shape index (κ1) is 15.0. The van der Waals surface area contributed by atoms with Crippen molar-refractivity contribution in [2.24, 2.45) is 11.8 Å². The molecule has 0 aromatic carbocycles. The van der Waals surface area contributed by atoms with E-state index in [1.54, 1.807) is 6.07 Å². The molecule has 0 aliphatic heterocycles. The summed E-state index contributed by atoms with van der Waals surface area (Å²) in [4.78, 5) is 8.85. The third-order valence-corrected chi connectivity index (χ3v) is 4.01. The van der Waals surface area contributed by atoms with Crippen molar-refractivity contribution >= 4 is 5.82 Å². The zero-order valence-electron chi connectivity index (χ0n) is 12.6. The quantitative estimate of drug-likeness (QED) is 0.618. The first-order chi connectivity index (χ1) is 9.76. The highest BCUT2D eigenvalue weighted by atomic mass is 16.5. The van der Waals surface area contributed by atoms with Crippen molar-refractivity contribution in [3.8, 4) is 5.88 Å². The van der Waals surface area contributed by atoms with Crippen LogP contribution in [-0.2, 0) is 6.42 Å². The number of hydrazine groups is 1. The summed E-state index contributed by atoms with van der Waals surface area (Å²) >= 11 is 0. The van der Waals surface area contributed by atoms with Gasteiger partial charge in [-0.3, -0.25) is 0 Å². The predicted molar refractivity (Wildman–Crippen MR) is 80.5 cm³/mol. The van der Waals surface area contributed by atoms with Crippen molar-refractivity contribution in [3.05, 3.63) is 11.9 Å². The fourth-order valence-corrected chi connectivity index (χ4v) is 2.89. The van der Waals surface area contributed by atoms with E-state index in [4.69, 9.17) is 10.6 Å². The molecule has 112 valence electrons. The number of aryl methyl sites for hydroxylation is 1. The van der Waals surface area contributed by atoms with Gasteiger partial charge in [0.15, 0.2) is 0 Å². The average Bonchev–Trinajstić information content (AvgIpc) is 2.48. The molecule has 5 nitrogen and oxygen atoms in total. The highest BCUT2D eigenvalue weighted by Crippen LogP contribution is 2.30. The van der Waals surface area contributed by atoms with Crippen molar-refractivity contribution in [1.29, 1.82) is 0 Å². The van der Waals surface area contributed by atoms with Gasteiger partial charge in [0.2, 0.25) is 5.88 Å². The van der Waals surface area contributed by atoms with Gasteiger partial charge in [0.25, 0.3) is 0 Å². The Morgan fingerprint density at radius 2 is 2.10 bits per heavy atom. The van der Waals surface area contributed by atoms with E-state index in [-0.39, 0.29) is 6.10 Å². The van der Waals surface area contributed by atoms with Gasteiger partial charge in [0, 0.05) is 12.5 Å². The summed E-state index contributed by atoms with van der Waals surface area (Å²) in [6.45, 7) is 4.35. The molecule has 1 aromatic rings. The number of hydrogen-bond acceptors (Lipinski definition) is 5. The minimum absolute atomic E-state index is 0.281. The first-order valence-corrected chi connectivity index (χ1v) is 7.78. The van der Waals surface area contributed by atoms with Crippen molar-refractivity contribution < 1.29 is 4.74 Å². The van der Waals surface area contributed by atoms with E-state index < -0.39 is 0 Å². The second kappa shape index (κ2) is 7.43. The van der Waals surface area contributed by atoms with Gasteiger partial charge < -0.3 is 10.2 Å². The molecule has 1 aliphatic rings. The summed E-state index contributed by atoms with van der Waals surface area (Å²) in [6.07, 6.45) is 8.24. The number of anilines is 1. The standard InChI is InChI=1S/C15H26N4O/c1-3-7-13-17-14(19-16)10-15(18-13)20-12-9-6-5-8-11(12)4-2/h10-12H,3-9,16H2,1-2H3,(H,17,18,19). The average molecular weight is 278 g/mol. The number of nitrogens with two attached hydrogens (primary N) is 1. The minimum atomic E-state index is 0.281. The van der Waals surface area contributed by atoms with E-state index in [2.05, 4.69) is 29.2 Å². The van der Waals surface area contributed by atoms with Gasteiger partial charge in [-0.25, -0.2) is 10.8 Å². The molecule has 0 radical (unpaired) electrons. The van der Waals surface area contributed by atoms with Crippen LogP contribution in [0.5, 0.6) is 5.88 Å². The van der Waals surface area contributed by atoms with Crippen LogP contribution in [0.4, 0.5) is 5.82 Å². The van der Waals surface area contributed by atoms with Crippen LogP contribution < -0.4 is 16.0 Å². The Bertz CT molecular complexity index is 424. The molecule has 2 unspecified atom stereocenters. The van der Waals surface area contributed by atoms with Gasteiger partial charge in [0.05, 0.1) is 0 Å². The summed E-state index contributed by atoms with van der Waals surface area (Å²) in [5.74, 6) is 8.19. The predicted octanol–water partition coefficient (Wildman–Crippen LogP) is 3.06. The largest absolute Gasteiger partial charge is 0.474 e. The van der Waals surface area contributed by atoms with Gasteiger partial charge in [0.1, 0.15) is 17.7 Å². The zero-order valence-corrected chi connectivity index (χ0v) is 12.6. The topological polar surface area (TPSA) is 73.1 Å². The molecule has 2 atom stereocenters. The summed E-state index contributed by atoms with van der Waals surface area (Å²) in [5, 5.41) is 0. The number of ether oxygens (including phenoxy) is 1. The van der Waals surface area contributed by atoms with Crippen LogP contribution in [0.2, 0.25) is 0 Å². The second-order valence-corrected chi connectivity index (χ2v) is 5.51. The van der Waals surface area contributed by atoms with E-state index in [0.717, 1.165) is 25.1 Å². The highest BCUT2D eigenvalue weighted by molar-refractivity contribution is 5.37. The molecule has 0 spiro atoms. The Morgan fingerprint density at radius 1 is 1.30 bits per heavy atom. The zero-order chi connectivity index (χ0) is 14.4. The smallest absolute Gasteiger partial charge is 0.219 e. The minimum Gasteiger partial charge on any atom is -0.474 e. The molecule has 0 bridgehead atoms. The molecular weight excluding hydrogens is 252 g/mol. The molecule has 2 rings (SSSR count). The number of hydrogen-bond donors (Lipinski definition) is 2. The van der Waals surface area contributed by atoms with Crippen molar-refractivity contribution in [2.45, 2.75) is 64.9 Å². The van der Waals surface area contributed by atoms with Gasteiger partial charge in [-0.1, -0.05) is 20.3 Å². The molecule has 0 saturated heterocycles. The third kappa shape index (κ3) is 3.82. The maximum Gasteiger partial charge on any atom is 0.219 e. The second-order valence-electron chi connectivity index (χ2n) is 5.51. The van der Waals surface area contributed by atoms with Crippen LogP contribution in [-0.4, -0.2) is 16.1 Å². The Balaban J connectivity index is 2.12. The Kier molecular flexibility index (Phi) is 5.59. The van der Waals surface area contributed by atoms with Crippen LogP contribution in [0.25, 0.3) is 0 Å². The fraction of sp³-hybridized carbons (Fsp3) is 0.733. The van der Waals surface area contributed by atoms with E-state index in [9.17, 15) is 0 Å².